The summed E-state index contributed by atoms with van der Waals surface area (Å²) in [6.07, 6.45) is 2.54. The van der Waals surface area contributed by atoms with E-state index < -0.39 is 5.97 Å². The number of aliphatic carboxylic acids is 1. The third-order valence-electron chi connectivity index (χ3n) is 3.06. The fraction of sp³-hybridized carbons (Fsp3) is 0.308. The minimum Gasteiger partial charge on any atom is -0.481 e. The highest BCUT2D eigenvalue weighted by molar-refractivity contribution is 9.10. The van der Waals surface area contributed by atoms with Crippen molar-refractivity contribution in [1.82, 2.24) is 4.57 Å². The van der Waals surface area contributed by atoms with E-state index in [4.69, 9.17) is 10.8 Å². The molecule has 1 heterocycles. The number of fused-ring (bicyclic) bond motifs is 1. The van der Waals surface area contributed by atoms with Crippen molar-refractivity contribution in [3.8, 4) is 0 Å². The quantitative estimate of drug-likeness (QED) is 0.912. The van der Waals surface area contributed by atoms with Crippen molar-refractivity contribution in [1.29, 1.82) is 0 Å². The lowest BCUT2D eigenvalue weighted by Crippen LogP contribution is -2.12. The van der Waals surface area contributed by atoms with E-state index in [1.54, 1.807) is 0 Å². The zero-order valence-corrected chi connectivity index (χ0v) is 11.6. The lowest BCUT2D eigenvalue weighted by atomic mass is 10.0. The maximum Gasteiger partial charge on any atom is 0.303 e. The van der Waals surface area contributed by atoms with Gasteiger partial charge >= 0.3 is 5.97 Å². The molecular formula is C13H15BrN2O2. The summed E-state index contributed by atoms with van der Waals surface area (Å²) in [6, 6.07) is 5.75. The van der Waals surface area contributed by atoms with Gasteiger partial charge < -0.3 is 15.4 Å². The summed E-state index contributed by atoms with van der Waals surface area (Å²) in [6.45, 7) is 0. The van der Waals surface area contributed by atoms with Gasteiger partial charge in [0.1, 0.15) is 0 Å². The summed E-state index contributed by atoms with van der Waals surface area (Å²) < 4.78 is 3.05. The number of nitrogens with two attached hydrogens (primary N) is 1. The number of hydrogen-bond donors (Lipinski definition) is 2. The van der Waals surface area contributed by atoms with Crippen LogP contribution >= 0.6 is 15.9 Å². The van der Waals surface area contributed by atoms with Gasteiger partial charge in [0.2, 0.25) is 0 Å². The highest BCUT2D eigenvalue weighted by Gasteiger charge is 2.11. The zero-order chi connectivity index (χ0) is 13.3. The van der Waals surface area contributed by atoms with Gasteiger partial charge in [-0.15, -0.1) is 0 Å². The van der Waals surface area contributed by atoms with Crippen molar-refractivity contribution in [3.05, 3.63) is 34.4 Å². The van der Waals surface area contributed by atoms with Crippen molar-refractivity contribution < 1.29 is 9.90 Å². The van der Waals surface area contributed by atoms with Gasteiger partial charge in [-0.3, -0.25) is 4.79 Å². The number of benzene rings is 1. The van der Waals surface area contributed by atoms with Gasteiger partial charge in [0.05, 0.1) is 0 Å². The maximum atomic E-state index is 10.5. The van der Waals surface area contributed by atoms with E-state index in [0.717, 1.165) is 20.9 Å². The molecule has 0 aliphatic carbocycles. The first-order valence-electron chi connectivity index (χ1n) is 5.71. The molecule has 0 amide bonds. The van der Waals surface area contributed by atoms with Crippen LogP contribution < -0.4 is 5.73 Å². The molecule has 0 fully saturated rings. The molecule has 1 atom stereocenters. The number of carbonyl (C=O) groups is 1. The summed E-state index contributed by atoms with van der Waals surface area (Å²) in [5.41, 5.74) is 8.10. The zero-order valence-electron chi connectivity index (χ0n) is 10.1. The fourth-order valence-electron chi connectivity index (χ4n) is 2.04. The second-order valence-corrected chi connectivity index (χ2v) is 5.26. The maximum absolute atomic E-state index is 10.5. The Morgan fingerprint density at radius 2 is 2.28 bits per heavy atom. The Hall–Kier alpha value is -1.33. The van der Waals surface area contributed by atoms with Gasteiger partial charge in [-0.05, 0) is 40.0 Å². The van der Waals surface area contributed by atoms with Gasteiger partial charge in [0, 0.05) is 41.1 Å². The Bertz CT molecular complexity index is 592. The van der Waals surface area contributed by atoms with Crippen LogP contribution in [-0.4, -0.2) is 15.6 Å². The molecule has 5 heteroatoms. The minimum absolute atomic E-state index is 0.0924. The second kappa shape index (κ2) is 5.12. The van der Waals surface area contributed by atoms with Crippen LogP contribution in [0.15, 0.2) is 28.9 Å². The molecule has 1 aromatic carbocycles. The lowest BCUT2D eigenvalue weighted by molar-refractivity contribution is -0.137. The number of carboxylic acids is 1. The van der Waals surface area contributed by atoms with Crippen LogP contribution in [0.5, 0.6) is 0 Å². The summed E-state index contributed by atoms with van der Waals surface area (Å²) in [4.78, 5) is 10.5. The number of aromatic nitrogens is 1. The Morgan fingerprint density at radius 1 is 1.56 bits per heavy atom. The van der Waals surface area contributed by atoms with Crippen LogP contribution in [0.4, 0.5) is 0 Å². The van der Waals surface area contributed by atoms with Crippen LogP contribution in [0.1, 0.15) is 24.4 Å². The molecule has 0 aliphatic heterocycles. The van der Waals surface area contributed by atoms with Crippen molar-refractivity contribution in [2.45, 2.75) is 18.9 Å². The average Bonchev–Trinajstić information content (AvgIpc) is 2.61. The minimum atomic E-state index is -0.813. The number of nitrogens with zero attached hydrogens (tertiary/aromatic N) is 1. The van der Waals surface area contributed by atoms with E-state index in [1.807, 2.05) is 36.0 Å². The largest absolute Gasteiger partial charge is 0.481 e. The van der Waals surface area contributed by atoms with Crippen LogP contribution in [0.3, 0.4) is 0 Å². The Kier molecular flexibility index (Phi) is 3.73. The molecule has 0 radical (unpaired) electrons. The molecular weight excluding hydrogens is 296 g/mol. The van der Waals surface area contributed by atoms with Crippen LogP contribution in [0.2, 0.25) is 0 Å². The Balaban J connectivity index is 2.29. The number of hydrogen-bond acceptors (Lipinski definition) is 2. The molecule has 1 unspecified atom stereocenters. The molecule has 0 aliphatic rings. The first-order valence-corrected chi connectivity index (χ1v) is 6.50. The molecule has 18 heavy (non-hydrogen) atoms. The normalized spacial score (nSPS) is 12.8. The number of rotatable bonds is 4. The molecule has 0 bridgehead atoms. The van der Waals surface area contributed by atoms with Gasteiger partial charge in [0.15, 0.2) is 0 Å². The van der Waals surface area contributed by atoms with E-state index in [9.17, 15) is 4.79 Å². The molecule has 2 aromatic rings. The third kappa shape index (κ3) is 2.57. The smallest absolute Gasteiger partial charge is 0.303 e. The molecule has 1 aromatic heterocycles. The summed E-state index contributed by atoms with van der Waals surface area (Å²) in [7, 11) is 1.98. The number of aryl methyl sites for hydroxylation is 1. The summed E-state index contributed by atoms with van der Waals surface area (Å²) in [5.74, 6) is -0.813. The van der Waals surface area contributed by atoms with Crippen molar-refractivity contribution in [3.63, 3.8) is 0 Å². The van der Waals surface area contributed by atoms with E-state index in [-0.39, 0.29) is 12.5 Å². The van der Waals surface area contributed by atoms with Gasteiger partial charge in [-0.25, -0.2) is 0 Å². The van der Waals surface area contributed by atoms with Crippen molar-refractivity contribution >= 4 is 32.8 Å². The number of halogens is 1. The van der Waals surface area contributed by atoms with Crippen LogP contribution in [0, 0.1) is 0 Å². The Morgan fingerprint density at radius 3 is 2.94 bits per heavy atom. The van der Waals surface area contributed by atoms with Gasteiger partial charge in [-0.1, -0.05) is 6.07 Å². The van der Waals surface area contributed by atoms with E-state index in [1.165, 1.54) is 0 Å². The first-order chi connectivity index (χ1) is 8.49. The van der Waals surface area contributed by atoms with Crippen LogP contribution in [-0.2, 0) is 11.8 Å². The molecule has 3 N–H and O–H groups in total. The summed E-state index contributed by atoms with van der Waals surface area (Å²) in [5, 5.41) is 9.76. The third-order valence-corrected chi connectivity index (χ3v) is 3.69. The van der Waals surface area contributed by atoms with E-state index in [0.29, 0.717) is 6.42 Å². The standard InChI is InChI=1S/C13H15BrN2O2/c1-16-7-10(14)9-6-8(2-4-12(9)16)11(15)3-5-13(17)18/h2,4,6-7,11H,3,5,15H2,1H3,(H,17,18). The molecule has 0 saturated heterocycles. The van der Waals surface area contributed by atoms with Crippen LogP contribution in [0.25, 0.3) is 10.9 Å². The van der Waals surface area contributed by atoms with E-state index >= 15 is 0 Å². The highest BCUT2D eigenvalue weighted by atomic mass is 79.9. The molecule has 4 nitrogen and oxygen atoms in total. The predicted molar refractivity (Wildman–Crippen MR) is 74.4 cm³/mol. The first kappa shape index (κ1) is 13.1. The lowest BCUT2D eigenvalue weighted by Gasteiger charge is -2.11. The molecule has 0 spiro atoms. The highest BCUT2D eigenvalue weighted by Crippen LogP contribution is 2.28. The predicted octanol–water partition coefficient (Wildman–Crippen LogP) is 2.81. The monoisotopic (exact) mass is 310 g/mol. The van der Waals surface area contributed by atoms with Crippen molar-refractivity contribution in [2.75, 3.05) is 0 Å². The molecule has 2 rings (SSSR count). The number of carboxylic acid groups (broad SMARTS) is 1. The fourth-order valence-corrected chi connectivity index (χ4v) is 2.66. The molecule has 0 saturated carbocycles. The van der Waals surface area contributed by atoms with Gasteiger partial charge in [0.25, 0.3) is 0 Å². The Labute approximate surface area is 114 Å². The SMILES string of the molecule is Cn1cc(Br)c2cc(C(N)CCC(=O)O)ccc21. The molecule has 96 valence electrons. The topological polar surface area (TPSA) is 68.2 Å². The van der Waals surface area contributed by atoms with Gasteiger partial charge in [-0.2, -0.15) is 0 Å². The van der Waals surface area contributed by atoms with E-state index in [2.05, 4.69) is 15.9 Å². The summed E-state index contributed by atoms with van der Waals surface area (Å²) >= 11 is 3.51. The second-order valence-electron chi connectivity index (χ2n) is 4.40. The average molecular weight is 311 g/mol. The van der Waals surface area contributed by atoms with Crippen molar-refractivity contribution in [2.24, 2.45) is 12.8 Å².